The van der Waals surface area contributed by atoms with Gasteiger partial charge in [0.25, 0.3) is 5.91 Å². The van der Waals surface area contributed by atoms with E-state index in [1.807, 2.05) is 13.8 Å². The smallest absolute Gasteiger partial charge is 0.387 e. The van der Waals surface area contributed by atoms with Crippen LogP contribution in [0.25, 0.3) is 0 Å². The van der Waals surface area contributed by atoms with Gasteiger partial charge < -0.3 is 15.0 Å². The van der Waals surface area contributed by atoms with Gasteiger partial charge in [0.1, 0.15) is 10.6 Å². The van der Waals surface area contributed by atoms with Gasteiger partial charge in [-0.15, -0.1) is 11.3 Å². The molecular weight excluding hydrogens is 338 g/mol. The molecule has 0 saturated carbocycles. The highest BCUT2D eigenvalue weighted by Crippen LogP contribution is 2.32. The van der Waals surface area contributed by atoms with Crippen molar-refractivity contribution in [2.24, 2.45) is 5.92 Å². The van der Waals surface area contributed by atoms with Crippen molar-refractivity contribution in [3.05, 3.63) is 15.8 Å². The second-order valence-electron chi connectivity index (χ2n) is 6.18. The van der Waals surface area contributed by atoms with Gasteiger partial charge in [0.2, 0.25) is 5.91 Å². The maximum atomic E-state index is 12.7. The molecule has 0 aliphatic carbocycles. The summed E-state index contributed by atoms with van der Waals surface area (Å²) in [6.07, 6.45) is 1.55. The van der Waals surface area contributed by atoms with Crippen molar-refractivity contribution >= 4 is 23.2 Å². The highest BCUT2D eigenvalue weighted by Gasteiger charge is 2.29. The second kappa shape index (κ2) is 7.92. The molecule has 134 valence electrons. The molecule has 0 aromatic carbocycles. The van der Waals surface area contributed by atoms with Crippen molar-refractivity contribution in [3.63, 3.8) is 0 Å². The molecule has 0 spiro atoms. The fourth-order valence-electron chi connectivity index (χ4n) is 2.61. The number of ether oxygens (including phenoxy) is 1. The SMILES string of the molecule is Cc1cc(OC(F)F)c(C(=O)N2CCCC(NC(=O)C(C)C)C2)s1. The van der Waals surface area contributed by atoms with E-state index in [1.54, 1.807) is 11.8 Å². The molecule has 0 radical (unpaired) electrons. The van der Waals surface area contributed by atoms with E-state index in [1.165, 1.54) is 6.07 Å². The van der Waals surface area contributed by atoms with Gasteiger partial charge in [-0.3, -0.25) is 9.59 Å². The van der Waals surface area contributed by atoms with E-state index in [0.29, 0.717) is 13.1 Å². The van der Waals surface area contributed by atoms with E-state index in [-0.39, 0.29) is 34.4 Å². The van der Waals surface area contributed by atoms with Crippen molar-refractivity contribution in [1.82, 2.24) is 10.2 Å². The number of carbonyl (C=O) groups is 2. The van der Waals surface area contributed by atoms with Crippen LogP contribution in [0, 0.1) is 12.8 Å². The van der Waals surface area contributed by atoms with Gasteiger partial charge in [-0.1, -0.05) is 13.8 Å². The third kappa shape index (κ3) is 4.66. The Morgan fingerprint density at radius 3 is 2.75 bits per heavy atom. The van der Waals surface area contributed by atoms with Crippen LogP contribution in [0.5, 0.6) is 5.75 Å². The minimum atomic E-state index is -2.97. The number of hydrogen-bond donors (Lipinski definition) is 1. The minimum absolute atomic E-state index is 0.0528. The third-order valence-corrected chi connectivity index (χ3v) is 4.83. The number of carbonyl (C=O) groups excluding carboxylic acids is 2. The number of thiophene rings is 1. The van der Waals surface area contributed by atoms with Gasteiger partial charge in [-0.25, -0.2) is 0 Å². The van der Waals surface area contributed by atoms with Crippen molar-refractivity contribution in [2.75, 3.05) is 13.1 Å². The Kier molecular flexibility index (Phi) is 6.15. The average molecular weight is 360 g/mol. The molecule has 1 atom stereocenters. The zero-order valence-corrected chi connectivity index (χ0v) is 14.8. The summed E-state index contributed by atoms with van der Waals surface area (Å²) in [7, 11) is 0. The molecule has 24 heavy (non-hydrogen) atoms. The third-order valence-electron chi connectivity index (χ3n) is 3.81. The fraction of sp³-hybridized carbons (Fsp3) is 0.625. The van der Waals surface area contributed by atoms with E-state index in [9.17, 15) is 18.4 Å². The van der Waals surface area contributed by atoms with Crippen LogP contribution in [0.1, 0.15) is 41.2 Å². The van der Waals surface area contributed by atoms with Crippen LogP contribution in [0.3, 0.4) is 0 Å². The molecule has 2 rings (SSSR count). The van der Waals surface area contributed by atoms with Crippen LogP contribution in [-0.4, -0.2) is 42.5 Å². The van der Waals surface area contributed by atoms with Gasteiger partial charge >= 0.3 is 6.61 Å². The molecule has 1 unspecified atom stereocenters. The summed E-state index contributed by atoms with van der Waals surface area (Å²) < 4.78 is 29.5. The number of nitrogens with zero attached hydrogens (tertiary/aromatic N) is 1. The molecule has 1 saturated heterocycles. The Morgan fingerprint density at radius 1 is 1.42 bits per heavy atom. The number of nitrogens with one attached hydrogen (secondary N) is 1. The molecule has 1 aliphatic heterocycles. The van der Waals surface area contributed by atoms with Crippen LogP contribution >= 0.6 is 11.3 Å². The van der Waals surface area contributed by atoms with E-state index in [2.05, 4.69) is 10.1 Å². The Hall–Kier alpha value is -1.70. The summed E-state index contributed by atoms with van der Waals surface area (Å²) in [6.45, 7) is 3.31. The molecule has 1 aliphatic rings. The molecule has 1 N–H and O–H groups in total. The number of rotatable bonds is 5. The van der Waals surface area contributed by atoms with Crippen molar-refractivity contribution in [1.29, 1.82) is 0 Å². The number of aryl methyl sites for hydroxylation is 1. The minimum Gasteiger partial charge on any atom is -0.433 e. The zero-order valence-electron chi connectivity index (χ0n) is 14.0. The first-order valence-electron chi connectivity index (χ1n) is 7.92. The zero-order chi connectivity index (χ0) is 17.9. The lowest BCUT2D eigenvalue weighted by Crippen LogP contribution is -2.50. The molecule has 1 fully saturated rings. The summed E-state index contributed by atoms with van der Waals surface area (Å²) in [6, 6.07) is 1.34. The first-order chi connectivity index (χ1) is 11.3. The number of amides is 2. The maximum absolute atomic E-state index is 12.7. The van der Waals surface area contributed by atoms with Crippen LogP contribution in [0.2, 0.25) is 0 Å². The van der Waals surface area contributed by atoms with Gasteiger partial charge in [0.15, 0.2) is 0 Å². The van der Waals surface area contributed by atoms with Crippen molar-refractivity contribution < 1.29 is 23.1 Å². The number of likely N-dealkylation sites (tertiary alicyclic amines) is 1. The average Bonchev–Trinajstić information content (AvgIpc) is 2.86. The normalized spacial score (nSPS) is 18.1. The van der Waals surface area contributed by atoms with Crippen LogP contribution in [0.15, 0.2) is 6.07 Å². The number of halogens is 2. The van der Waals surface area contributed by atoms with Crippen LogP contribution in [0.4, 0.5) is 8.78 Å². The van der Waals surface area contributed by atoms with E-state index < -0.39 is 6.61 Å². The van der Waals surface area contributed by atoms with Crippen molar-refractivity contribution in [2.45, 2.75) is 46.3 Å². The van der Waals surface area contributed by atoms with Gasteiger partial charge in [-0.05, 0) is 25.8 Å². The maximum Gasteiger partial charge on any atom is 0.387 e. The van der Waals surface area contributed by atoms with E-state index in [4.69, 9.17) is 0 Å². The number of hydrogen-bond acceptors (Lipinski definition) is 4. The molecule has 2 amide bonds. The Labute approximate surface area is 144 Å². The summed E-state index contributed by atoms with van der Waals surface area (Å²) in [4.78, 5) is 27.0. The highest BCUT2D eigenvalue weighted by atomic mass is 32.1. The molecule has 8 heteroatoms. The Morgan fingerprint density at radius 2 is 2.12 bits per heavy atom. The van der Waals surface area contributed by atoms with Crippen LogP contribution in [-0.2, 0) is 4.79 Å². The standard InChI is InChI=1S/C16H22F2N2O3S/c1-9(2)14(21)19-11-5-4-6-20(8-11)15(22)13-12(23-16(17)18)7-10(3)24-13/h7,9,11,16H,4-6,8H2,1-3H3,(H,19,21). The van der Waals surface area contributed by atoms with Crippen molar-refractivity contribution in [3.8, 4) is 5.75 Å². The predicted molar refractivity (Wildman–Crippen MR) is 87.6 cm³/mol. The largest absolute Gasteiger partial charge is 0.433 e. The van der Waals surface area contributed by atoms with E-state index >= 15 is 0 Å². The Bertz CT molecular complexity index is 604. The number of alkyl halides is 2. The van der Waals surface area contributed by atoms with Gasteiger partial charge in [0, 0.05) is 29.9 Å². The first kappa shape index (κ1) is 18.6. The van der Waals surface area contributed by atoms with Gasteiger partial charge in [0.05, 0.1) is 0 Å². The molecule has 1 aromatic rings. The monoisotopic (exact) mass is 360 g/mol. The van der Waals surface area contributed by atoms with E-state index in [0.717, 1.165) is 29.1 Å². The molecule has 0 bridgehead atoms. The van der Waals surface area contributed by atoms with Gasteiger partial charge in [-0.2, -0.15) is 8.78 Å². The lowest BCUT2D eigenvalue weighted by molar-refractivity contribution is -0.125. The predicted octanol–water partition coefficient (Wildman–Crippen LogP) is 3.03. The molecular formula is C16H22F2N2O3S. The quantitative estimate of drug-likeness (QED) is 0.878. The summed E-state index contributed by atoms with van der Waals surface area (Å²) in [5.74, 6) is -0.580. The summed E-state index contributed by atoms with van der Waals surface area (Å²) >= 11 is 1.14. The Balaban J connectivity index is 2.08. The first-order valence-corrected chi connectivity index (χ1v) is 8.74. The molecule has 5 nitrogen and oxygen atoms in total. The lowest BCUT2D eigenvalue weighted by Gasteiger charge is -2.33. The lowest BCUT2D eigenvalue weighted by atomic mass is 10.0. The molecule has 1 aromatic heterocycles. The highest BCUT2D eigenvalue weighted by molar-refractivity contribution is 7.14. The molecule has 2 heterocycles. The van der Waals surface area contributed by atoms with Crippen LogP contribution < -0.4 is 10.1 Å². The summed E-state index contributed by atoms with van der Waals surface area (Å²) in [5.41, 5.74) is 0. The topological polar surface area (TPSA) is 58.6 Å². The summed E-state index contributed by atoms with van der Waals surface area (Å²) in [5, 5.41) is 2.93. The fourth-order valence-corrected chi connectivity index (χ4v) is 3.53. The number of piperidine rings is 1. The second-order valence-corrected chi connectivity index (χ2v) is 7.44.